The fourth-order valence-electron chi connectivity index (χ4n) is 15.0. The quantitative estimate of drug-likeness (QED) is 0.0222. The standard InChI is InChI=1S/C95H186O17P2/c1-8-9-10-11-12-13-38-48-55-62-69-76-92(97)105-82-90(111-94(99)78-71-64-57-50-43-36-30-24-18-15-21-27-33-40-46-53-60-67-74-87(4)5)84-109-113(101,102)107-80-89(96)81-108-114(103,104)110-85-91(112-95(100)79-72-65-58-51-44-37-31-25-19-16-22-28-34-41-47-54-61-68-75-88(6)7)83-106-93(98)77-70-63-56-49-42-35-29-23-17-14-20-26-32-39-45-52-59-66-73-86(2)3/h86-91,96H,8-85H2,1-7H3,(H,101,102)(H,103,104)/t89-,90+,91+/m0/s1. The zero-order chi connectivity index (χ0) is 83.6. The van der Waals surface area contributed by atoms with Crippen LogP contribution in [0.4, 0.5) is 0 Å². The van der Waals surface area contributed by atoms with E-state index in [-0.39, 0.29) is 25.7 Å². The summed E-state index contributed by atoms with van der Waals surface area (Å²) in [7, 11) is -9.94. The summed E-state index contributed by atoms with van der Waals surface area (Å²) in [5.74, 6) is 0.371. The van der Waals surface area contributed by atoms with Crippen molar-refractivity contribution in [2.45, 2.75) is 529 Å². The van der Waals surface area contributed by atoms with E-state index >= 15 is 0 Å². The van der Waals surface area contributed by atoms with Crippen LogP contribution in [0, 0.1) is 17.8 Å². The zero-order valence-electron chi connectivity index (χ0n) is 75.6. The molecular weight excluding hydrogens is 1470 g/mol. The molecule has 0 aromatic carbocycles. The third-order valence-corrected chi connectivity index (χ3v) is 24.3. The number of rotatable bonds is 93. The minimum absolute atomic E-state index is 0.109. The molecule has 0 saturated heterocycles. The van der Waals surface area contributed by atoms with Crippen LogP contribution in [0.25, 0.3) is 0 Å². The highest BCUT2D eigenvalue weighted by Gasteiger charge is 2.31. The minimum atomic E-state index is -4.97. The molecule has 0 bridgehead atoms. The molecule has 19 heteroatoms. The second-order valence-corrected chi connectivity index (χ2v) is 38.4. The lowest BCUT2D eigenvalue weighted by molar-refractivity contribution is -0.161. The lowest BCUT2D eigenvalue weighted by Gasteiger charge is -2.21. The van der Waals surface area contributed by atoms with Crippen LogP contribution in [0.2, 0.25) is 0 Å². The molecule has 3 N–H and O–H groups in total. The van der Waals surface area contributed by atoms with Crippen molar-refractivity contribution in [1.82, 2.24) is 0 Å². The van der Waals surface area contributed by atoms with Gasteiger partial charge in [0.15, 0.2) is 12.2 Å². The van der Waals surface area contributed by atoms with Gasteiger partial charge in [-0.2, -0.15) is 0 Å². The van der Waals surface area contributed by atoms with Gasteiger partial charge in [-0.25, -0.2) is 9.13 Å². The van der Waals surface area contributed by atoms with E-state index in [9.17, 15) is 43.2 Å². The fourth-order valence-corrected chi connectivity index (χ4v) is 16.5. The lowest BCUT2D eigenvalue weighted by atomic mass is 10.0. The van der Waals surface area contributed by atoms with Crippen molar-refractivity contribution in [3.8, 4) is 0 Å². The fraction of sp³-hybridized carbons (Fsp3) is 0.958. The van der Waals surface area contributed by atoms with Crippen molar-refractivity contribution in [3.05, 3.63) is 0 Å². The highest BCUT2D eigenvalue weighted by atomic mass is 31.2. The molecule has 114 heavy (non-hydrogen) atoms. The third kappa shape index (κ3) is 87.9. The number of hydrogen-bond donors (Lipinski definition) is 3. The van der Waals surface area contributed by atoms with Crippen LogP contribution >= 0.6 is 15.6 Å². The predicted molar refractivity (Wildman–Crippen MR) is 474 cm³/mol. The molecule has 0 aliphatic heterocycles. The number of carbonyl (C=O) groups is 4. The molecule has 0 aliphatic carbocycles. The van der Waals surface area contributed by atoms with E-state index in [0.29, 0.717) is 25.7 Å². The van der Waals surface area contributed by atoms with Gasteiger partial charge in [-0.05, 0) is 43.4 Å². The first-order chi connectivity index (χ1) is 55.2. The molecule has 0 radical (unpaired) electrons. The van der Waals surface area contributed by atoms with Gasteiger partial charge in [-0.1, -0.05) is 459 Å². The van der Waals surface area contributed by atoms with E-state index in [0.717, 1.165) is 108 Å². The van der Waals surface area contributed by atoms with Gasteiger partial charge in [0.2, 0.25) is 0 Å². The summed E-state index contributed by atoms with van der Waals surface area (Å²) in [6.07, 6.45) is 79.3. The Hall–Kier alpha value is -1.94. The van der Waals surface area contributed by atoms with Crippen LogP contribution in [-0.4, -0.2) is 96.7 Å². The summed E-state index contributed by atoms with van der Waals surface area (Å²) < 4.78 is 69.2. The highest BCUT2D eigenvalue weighted by Crippen LogP contribution is 2.45. The molecule has 678 valence electrons. The molecule has 0 rings (SSSR count). The van der Waals surface area contributed by atoms with Crippen molar-refractivity contribution >= 4 is 39.5 Å². The van der Waals surface area contributed by atoms with Crippen LogP contribution in [0.3, 0.4) is 0 Å². The van der Waals surface area contributed by atoms with E-state index in [4.69, 9.17) is 37.0 Å². The Labute approximate surface area is 702 Å². The maximum atomic E-state index is 13.2. The minimum Gasteiger partial charge on any atom is -0.462 e. The number of aliphatic hydroxyl groups is 1. The Balaban J connectivity index is 5.22. The third-order valence-electron chi connectivity index (χ3n) is 22.4. The Kier molecular flexibility index (Phi) is 83.2. The first kappa shape index (κ1) is 112. The molecule has 0 heterocycles. The molecule has 0 spiro atoms. The summed E-state index contributed by atoms with van der Waals surface area (Å²) >= 11 is 0. The smallest absolute Gasteiger partial charge is 0.462 e. The summed E-state index contributed by atoms with van der Waals surface area (Å²) in [5, 5.41) is 10.7. The van der Waals surface area contributed by atoms with Gasteiger partial charge in [0.25, 0.3) is 0 Å². The molecule has 0 aromatic rings. The second kappa shape index (κ2) is 84.7. The summed E-state index contributed by atoms with van der Waals surface area (Å²) in [6, 6.07) is 0. The van der Waals surface area contributed by atoms with E-state index in [1.807, 2.05) is 0 Å². The monoisotopic (exact) mass is 1660 g/mol. The number of esters is 4. The van der Waals surface area contributed by atoms with Gasteiger partial charge >= 0.3 is 39.5 Å². The molecule has 0 aliphatic rings. The lowest BCUT2D eigenvalue weighted by Crippen LogP contribution is -2.30. The van der Waals surface area contributed by atoms with Crippen LogP contribution in [0.15, 0.2) is 0 Å². The highest BCUT2D eigenvalue weighted by molar-refractivity contribution is 7.47. The van der Waals surface area contributed by atoms with Crippen molar-refractivity contribution in [2.24, 2.45) is 17.8 Å². The van der Waals surface area contributed by atoms with Gasteiger partial charge in [-0.3, -0.25) is 37.3 Å². The van der Waals surface area contributed by atoms with Gasteiger partial charge in [0.1, 0.15) is 19.3 Å². The average molecular weight is 1660 g/mol. The maximum Gasteiger partial charge on any atom is 0.472 e. The zero-order valence-corrected chi connectivity index (χ0v) is 77.4. The SMILES string of the molecule is CCCCCCCCCCCCCC(=O)OC[C@H](COP(=O)(O)OC[C@H](O)COP(=O)(O)OC[C@@H](COC(=O)CCCCCCCCCCCCCCCCCCCCC(C)C)OC(=O)CCCCCCCCCCCCCCCCCCCCC(C)C)OC(=O)CCCCCCCCCCCCCCCCCCCCC(C)C. The molecule has 0 fully saturated rings. The normalized spacial score (nSPS) is 13.7. The van der Waals surface area contributed by atoms with Gasteiger partial charge < -0.3 is 33.8 Å². The number of phosphoric acid groups is 2. The van der Waals surface area contributed by atoms with Crippen molar-refractivity contribution < 1.29 is 80.2 Å². The summed E-state index contributed by atoms with van der Waals surface area (Å²) in [4.78, 5) is 73.5. The summed E-state index contributed by atoms with van der Waals surface area (Å²) in [6.45, 7) is 12.1. The van der Waals surface area contributed by atoms with Crippen LogP contribution < -0.4 is 0 Å². The van der Waals surface area contributed by atoms with E-state index < -0.39 is 97.5 Å². The Bertz CT molecular complexity index is 2180. The number of aliphatic hydroxyl groups excluding tert-OH is 1. The number of phosphoric ester groups is 2. The number of unbranched alkanes of at least 4 members (excludes halogenated alkanes) is 61. The maximum absolute atomic E-state index is 13.2. The van der Waals surface area contributed by atoms with Crippen LogP contribution in [-0.2, 0) is 65.4 Å². The Morgan fingerprint density at radius 1 is 0.237 bits per heavy atom. The van der Waals surface area contributed by atoms with Gasteiger partial charge in [0.05, 0.1) is 26.4 Å². The Morgan fingerprint density at radius 2 is 0.404 bits per heavy atom. The van der Waals surface area contributed by atoms with Gasteiger partial charge in [0, 0.05) is 25.7 Å². The number of carbonyl (C=O) groups excluding carboxylic acids is 4. The average Bonchev–Trinajstić information content (AvgIpc) is 0.898. The first-order valence-electron chi connectivity index (χ1n) is 48.8. The Morgan fingerprint density at radius 3 is 0.596 bits per heavy atom. The van der Waals surface area contributed by atoms with E-state index in [2.05, 4.69) is 48.5 Å². The first-order valence-corrected chi connectivity index (χ1v) is 51.8. The molecule has 0 amide bonds. The molecule has 0 aromatic heterocycles. The van der Waals surface area contributed by atoms with Crippen molar-refractivity contribution in [1.29, 1.82) is 0 Å². The van der Waals surface area contributed by atoms with Crippen molar-refractivity contribution in [3.63, 3.8) is 0 Å². The number of hydrogen-bond acceptors (Lipinski definition) is 15. The van der Waals surface area contributed by atoms with Crippen LogP contribution in [0.1, 0.15) is 511 Å². The molecule has 0 saturated carbocycles. The van der Waals surface area contributed by atoms with E-state index in [1.54, 1.807) is 0 Å². The predicted octanol–water partition coefficient (Wildman–Crippen LogP) is 29.6. The number of ether oxygens (including phenoxy) is 4. The summed E-state index contributed by atoms with van der Waals surface area (Å²) in [5.41, 5.74) is 0. The second-order valence-electron chi connectivity index (χ2n) is 35.5. The molecule has 5 atom stereocenters. The largest absolute Gasteiger partial charge is 0.472 e. The van der Waals surface area contributed by atoms with Gasteiger partial charge in [-0.15, -0.1) is 0 Å². The molecular formula is C95H186O17P2. The molecule has 2 unspecified atom stereocenters. The van der Waals surface area contributed by atoms with Crippen LogP contribution in [0.5, 0.6) is 0 Å². The topological polar surface area (TPSA) is 237 Å². The van der Waals surface area contributed by atoms with Crippen molar-refractivity contribution in [2.75, 3.05) is 39.6 Å². The van der Waals surface area contributed by atoms with E-state index in [1.165, 1.54) is 321 Å². The molecule has 17 nitrogen and oxygen atoms in total.